The number of nitrogens with zero attached hydrogens (tertiary/aromatic N) is 1. The van der Waals surface area contributed by atoms with E-state index in [0.717, 1.165) is 0 Å². The molecule has 0 saturated carbocycles. The standard InChI is InChI=1S/C27H43N3O7/c1-9-36-22(32)14-15-28-24(33)23(19-10-12-20(31)13-11-19)30(18(4)5)25(34)21(16-17(2)3)29-26(35)37-27(6,7)8/h10-13,17-18,21,23,31H,9,14-16H2,1-8H3,(H,28,33)(H,29,35). The minimum atomic E-state index is -1.08. The van der Waals surface area contributed by atoms with Gasteiger partial charge in [-0.1, -0.05) is 26.0 Å². The second kappa shape index (κ2) is 14.4. The number of amides is 3. The van der Waals surface area contributed by atoms with Crippen LogP contribution in [0.2, 0.25) is 0 Å². The van der Waals surface area contributed by atoms with Gasteiger partial charge in [-0.15, -0.1) is 0 Å². The average molecular weight is 522 g/mol. The topological polar surface area (TPSA) is 134 Å². The van der Waals surface area contributed by atoms with Gasteiger partial charge < -0.3 is 30.1 Å². The van der Waals surface area contributed by atoms with E-state index in [-0.39, 0.29) is 31.2 Å². The third-order valence-electron chi connectivity index (χ3n) is 5.18. The number of alkyl carbamates (subject to hydrolysis) is 1. The molecule has 0 aliphatic carbocycles. The quantitative estimate of drug-likeness (QED) is 0.357. The van der Waals surface area contributed by atoms with E-state index in [1.54, 1.807) is 53.7 Å². The Kier molecular flexibility index (Phi) is 12.4. The van der Waals surface area contributed by atoms with E-state index in [4.69, 9.17) is 9.47 Å². The number of rotatable bonds is 12. The Balaban J connectivity index is 3.35. The Morgan fingerprint density at radius 3 is 2.11 bits per heavy atom. The second-order valence-electron chi connectivity index (χ2n) is 10.5. The van der Waals surface area contributed by atoms with Crippen LogP contribution < -0.4 is 10.6 Å². The Morgan fingerprint density at radius 1 is 1.03 bits per heavy atom. The van der Waals surface area contributed by atoms with Crippen LogP contribution in [0.3, 0.4) is 0 Å². The Hall–Kier alpha value is -3.30. The fourth-order valence-electron chi connectivity index (χ4n) is 3.72. The predicted molar refractivity (Wildman–Crippen MR) is 140 cm³/mol. The van der Waals surface area contributed by atoms with Crippen LogP contribution in [0, 0.1) is 5.92 Å². The molecular formula is C27H43N3O7. The third-order valence-corrected chi connectivity index (χ3v) is 5.18. The van der Waals surface area contributed by atoms with Crippen LogP contribution in [-0.2, 0) is 23.9 Å². The van der Waals surface area contributed by atoms with Crippen molar-refractivity contribution in [1.29, 1.82) is 0 Å². The monoisotopic (exact) mass is 521 g/mol. The van der Waals surface area contributed by atoms with Crippen molar-refractivity contribution in [2.45, 2.75) is 92.0 Å². The summed E-state index contributed by atoms with van der Waals surface area (Å²) in [5.74, 6) is -1.33. The molecule has 3 amide bonds. The van der Waals surface area contributed by atoms with Gasteiger partial charge >= 0.3 is 12.1 Å². The molecule has 0 bridgehead atoms. The third kappa shape index (κ3) is 11.1. The molecule has 10 heteroatoms. The molecule has 1 aromatic rings. The molecule has 1 rings (SSSR count). The van der Waals surface area contributed by atoms with Crippen molar-refractivity contribution < 1.29 is 33.8 Å². The van der Waals surface area contributed by atoms with E-state index in [1.807, 2.05) is 13.8 Å². The molecule has 2 atom stereocenters. The number of hydrogen-bond acceptors (Lipinski definition) is 7. The minimum absolute atomic E-state index is 0.0110. The number of phenolic OH excluding ortho intramolecular Hbond substituents is 1. The number of aromatic hydroxyl groups is 1. The Labute approximate surface area is 220 Å². The lowest BCUT2D eigenvalue weighted by Gasteiger charge is -2.37. The Morgan fingerprint density at radius 2 is 1.62 bits per heavy atom. The van der Waals surface area contributed by atoms with Gasteiger partial charge in [0.1, 0.15) is 23.4 Å². The molecule has 10 nitrogen and oxygen atoms in total. The highest BCUT2D eigenvalue weighted by Gasteiger charge is 2.38. The van der Waals surface area contributed by atoms with Crippen LogP contribution in [0.1, 0.15) is 79.8 Å². The number of phenols is 1. The first-order chi connectivity index (χ1) is 17.2. The average Bonchev–Trinajstić information content (AvgIpc) is 2.75. The molecule has 2 unspecified atom stereocenters. The maximum atomic E-state index is 13.9. The number of nitrogens with one attached hydrogen (secondary N) is 2. The van der Waals surface area contributed by atoms with E-state index < -0.39 is 47.6 Å². The van der Waals surface area contributed by atoms with Gasteiger partial charge in [-0.05, 0) is 71.6 Å². The van der Waals surface area contributed by atoms with Crippen LogP contribution in [0.5, 0.6) is 5.75 Å². The highest BCUT2D eigenvalue weighted by Crippen LogP contribution is 2.27. The first kappa shape index (κ1) is 31.7. The van der Waals surface area contributed by atoms with E-state index >= 15 is 0 Å². The molecule has 0 heterocycles. The van der Waals surface area contributed by atoms with Crippen molar-refractivity contribution in [3.8, 4) is 5.75 Å². The molecule has 0 aliphatic rings. The first-order valence-corrected chi connectivity index (χ1v) is 12.7. The minimum Gasteiger partial charge on any atom is -0.508 e. The van der Waals surface area contributed by atoms with Crippen LogP contribution in [-0.4, -0.2) is 64.7 Å². The van der Waals surface area contributed by atoms with Crippen molar-refractivity contribution in [2.75, 3.05) is 13.2 Å². The lowest BCUT2D eigenvalue weighted by Crippen LogP contribution is -2.55. The van der Waals surface area contributed by atoms with E-state index in [0.29, 0.717) is 12.0 Å². The van der Waals surface area contributed by atoms with E-state index in [9.17, 15) is 24.3 Å². The van der Waals surface area contributed by atoms with E-state index in [2.05, 4.69) is 10.6 Å². The van der Waals surface area contributed by atoms with Crippen molar-refractivity contribution in [3.63, 3.8) is 0 Å². The maximum absolute atomic E-state index is 13.9. The summed E-state index contributed by atoms with van der Waals surface area (Å²) in [5, 5.41) is 15.2. The van der Waals surface area contributed by atoms with Gasteiger partial charge in [0, 0.05) is 12.6 Å². The molecule has 0 spiro atoms. The zero-order valence-corrected chi connectivity index (χ0v) is 23.3. The highest BCUT2D eigenvalue weighted by molar-refractivity contribution is 5.92. The maximum Gasteiger partial charge on any atom is 0.408 e. The predicted octanol–water partition coefficient (Wildman–Crippen LogP) is 3.68. The molecule has 0 aromatic heterocycles. The fraction of sp³-hybridized carbons (Fsp3) is 0.630. The van der Waals surface area contributed by atoms with Crippen LogP contribution in [0.25, 0.3) is 0 Å². The number of carbonyl (C=O) groups is 4. The fourth-order valence-corrected chi connectivity index (χ4v) is 3.72. The van der Waals surface area contributed by atoms with Crippen molar-refractivity contribution in [2.24, 2.45) is 5.92 Å². The number of ether oxygens (including phenoxy) is 2. The van der Waals surface area contributed by atoms with E-state index in [1.165, 1.54) is 17.0 Å². The number of carbonyl (C=O) groups excluding carboxylic acids is 4. The Bertz CT molecular complexity index is 908. The molecule has 0 saturated heterocycles. The summed E-state index contributed by atoms with van der Waals surface area (Å²) in [6.45, 7) is 14.6. The smallest absolute Gasteiger partial charge is 0.408 e. The lowest BCUT2D eigenvalue weighted by atomic mass is 9.98. The SMILES string of the molecule is CCOC(=O)CCNC(=O)C(c1ccc(O)cc1)N(C(=O)C(CC(C)C)NC(=O)OC(C)(C)C)C(C)C. The largest absolute Gasteiger partial charge is 0.508 e. The van der Waals surface area contributed by atoms with Gasteiger partial charge in [0.2, 0.25) is 11.8 Å². The lowest BCUT2D eigenvalue weighted by molar-refractivity contribution is -0.145. The van der Waals surface area contributed by atoms with Crippen molar-refractivity contribution in [3.05, 3.63) is 29.8 Å². The van der Waals surface area contributed by atoms with Crippen molar-refractivity contribution >= 4 is 23.9 Å². The van der Waals surface area contributed by atoms with Gasteiger partial charge in [-0.25, -0.2) is 4.79 Å². The summed E-state index contributed by atoms with van der Waals surface area (Å²) >= 11 is 0. The van der Waals surface area contributed by atoms with Crippen LogP contribution in [0.15, 0.2) is 24.3 Å². The summed E-state index contributed by atoms with van der Waals surface area (Å²) in [7, 11) is 0. The zero-order valence-electron chi connectivity index (χ0n) is 23.3. The molecule has 208 valence electrons. The summed E-state index contributed by atoms with van der Waals surface area (Å²) in [6.07, 6.45) is -0.419. The first-order valence-electron chi connectivity index (χ1n) is 12.7. The van der Waals surface area contributed by atoms with Crippen LogP contribution in [0.4, 0.5) is 4.79 Å². The summed E-state index contributed by atoms with van der Waals surface area (Å²) in [4.78, 5) is 53.1. The van der Waals surface area contributed by atoms with Gasteiger partial charge in [-0.2, -0.15) is 0 Å². The number of benzene rings is 1. The van der Waals surface area contributed by atoms with Crippen molar-refractivity contribution in [1.82, 2.24) is 15.5 Å². The molecular weight excluding hydrogens is 478 g/mol. The number of hydrogen-bond donors (Lipinski definition) is 3. The van der Waals surface area contributed by atoms with Gasteiger partial charge in [0.05, 0.1) is 13.0 Å². The summed E-state index contributed by atoms with van der Waals surface area (Å²) in [6, 6.07) is 3.54. The molecule has 0 fully saturated rings. The summed E-state index contributed by atoms with van der Waals surface area (Å²) in [5.41, 5.74) is -0.283. The number of esters is 1. The van der Waals surface area contributed by atoms with Gasteiger partial charge in [-0.3, -0.25) is 14.4 Å². The molecule has 1 aromatic carbocycles. The summed E-state index contributed by atoms with van der Waals surface area (Å²) < 4.78 is 10.3. The normalized spacial score (nSPS) is 13.0. The van der Waals surface area contributed by atoms with Gasteiger partial charge in [0.15, 0.2) is 0 Å². The molecule has 37 heavy (non-hydrogen) atoms. The zero-order chi connectivity index (χ0) is 28.3. The molecule has 3 N–H and O–H groups in total. The second-order valence-corrected chi connectivity index (χ2v) is 10.5. The molecule has 0 radical (unpaired) electrons. The highest BCUT2D eigenvalue weighted by atomic mass is 16.6. The van der Waals surface area contributed by atoms with Crippen LogP contribution >= 0.6 is 0 Å². The molecule has 0 aliphatic heterocycles. The van der Waals surface area contributed by atoms with Gasteiger partial charge in [0.25, 0.3) is 0 Å².